The number of benzene rings is 2. The number of esters is 1. The van der Waals surface area contributed by atoms with Crippen molar-refractivity contribution in [3.8, 4) is 0 Å². The summed E-state index contributed by atoms with van der Waals surface area (Å²) in [5.41, 5.74) is 12.6. The van der Waals surface area contributed by atoms with Gasteiger partial charge in [0.1, 0.15) is 17.8 Å². The summed E-state index contributed by atoms with van der Waals surface area (Å²) in [5, 5.41) is 12.6. The van der Waals surface area contributed by atoms with Crippen molar-refractivity contribution in [2.45, 2.75) is 141 Å². The summed E-state index contributed by atoms with van der Waals surface area (Å²) in [6.07, 6.45) is 5.62. The highest BCUT2D eigenvalue weighted by Gasteiger charge is 2.43. The van der Waals surface area contributed by atoms with Crippen molar-refractivity contribution < 1.29 is 33.5 Å². The summed E-state index contributed by atoms with van der Waals surface area (Å²) < 4.78 is 6.41. The number of piperidine rings is 1. The van der Waals surface area contributed by atoms with Gasteiger partial charge in [-0.1, -0.05) is 94.1 Å². The highest BCUT2D eigenvalue weighted by atomic mass is 16.5. The fourth-order valence-corrected chi connectivity index (χ4v) is 8.80. The summed E-state index contributed by atoms with van der Waals surface area (Å²) in [6, 6.07) is 16.7. The summed E-state index contributed by atoms with van der Waals surface area (Å²) >= 11 is 0. The third-order valence-corrected chi connectivity index (χ3v) is 12.3. The fraction of sp³-hybridized carbons (Fsp3) is 0.571. The summed E-state index contributed by atoms with van der Waals surface area (Å²) in [7, 11) is 0. The zero-order valence-electron chi connectivity index (χ0n) is 38.3. The molecule has 15 heteroatoms. The molecule has 0 unspecified atom stereocenters. The summed E-state index contributed by atoms with van der Waals surface area (Å²) in [6.45, 7) is 10.8. The van der Waals surface area contributed by atoms with E-state index < -0.39 is 65.9 Å². The van der Waals surface area contributed by atoms with Crippen molar-refractivity contribution >= 4 is 46.4 Å². The molecule has 64 heavy (non-hydrogen) atoms. The number of carbonyl (C=O) groups excluding carboxylic acids is 6. The van der Waals surface area contributed by atoms with Gasteiger partial charge in [0.05, 0.1) is 30.1 Å². The second kappa shape index (κ2) is 23.5. The Morgan fingerprint density at radius 2 is 1.56 bits per heavy atom. The maximum Gasteiger partial charge on any atom is 0.306 e. The SMILES string of the molecule is CC(C)[C@H](N)C(=O)NCCCCCC(=O)O[C@H](CN1C[C@H]2CCCC[C@H]2C[C@H]1C(=O)NC(C)(C)C)[C@H](Cc1ccccc1)NC(=O)[C@H](CC(N)=O)NC(=O)c1ccc2ccccc2n1. The van der Waals surface area contributed by atoms with E-state index in [1.165, 1.54) is 0 Å². The number of likely N-dealkylation sites (tertiary alicyclic amines) is 1. The molecule has 1 aliphatic carbocycles. The van der Waals surface area contributed by atoms with Crippen LogP contribution in [0.3, 0.4) is 0 Å². The van der Waals surface area contributed by atoms with Crippen molar-refractivity contribution in [3.05, 3.63) is 78.0 Å². The number of pyridine rings is 1. The smallest absolute Gasteiger partial charge is 0.306 e. The van der Waals surface area contributed by atoms with Crippen LogP contribution in [0.15, 0.2) is 66.7 Å². The summed E-state index contributed by atoms with van der Waals surface area (Å²) in [4.78, 5) is 87.4. The van der Waals surface area contributed by atoms with Crippen molar-refractivity contribution in [1.82, 2.24) is 31.2 Å². The first-order valence-corrected chi connectivity index (χ1v) is 23.1. The normalized spacial score (nSPS) is 19.6. The molecule has 2 aromatic carbocycles. The number of ether oxygens (including phenoxy) is 1. The Labute approximate surface area is 378 Å². The van der Waals surface area contributed by atoms with Gasteiger partial charge in [0.2, 0.25) is 23.6 Å². The Hall–Kier alpha value is -5.41. The molecule has 1 aliphatic heterocycles. The Morgan fingerprint density at radius 3 is 2.27 bits per heavy atom. The minimum atomic E-state index is -1.38. The number of aromatic nitrogens is 1. The van der Waals surface area contributed by atoms with Crippen LogP contribution in [-0.4, -0.2) is 101 Å². The van der Waals surface area contributed by atoms with Crippen LogP contribution in [0.2, 0.25) is 0 Å². The molecule has 7 atom stereocenters. The van der Waals surface area contributed by atoms with Gasteiger partial charge in [-0.2, -0.15) is 0 Å². The van der Waals surface area contributed by atoms with Crippen LogP contribution >= 0.6 is 0 Å². The molecule has 15 nitrogen and oxygen atoms in total. The molecule has 0 spiro atoms. The lowest BCUT2D eigenvalue weighted by Crippen LogP contribution is -2.61. The van der Waals surface area contributed by atoms with Gasteiger partial charge in [0, 0.05) is 37.0 Å². The number of unbranched alkanes of at least 4 members (excludes halogenated alkanes) is 2. The van der Waals surface area contributed by atoms with Crippen LogP contribution in [0.25, 0.3) is 10.9 Å². The number of amides is 5. The number of hydrogen-bond donors (Lipinski definition) is 6. The molecular formula is C49H70N8O7. The van der Waals surface area contributed by atoms with Gasteiger partial charge >= 0.3 is 5.97 Å². The zero-order chi connectivity index (χ0) is 46.4. The van der Waals surface area contributed by atoms with E-state index in [-0.39, 0.29) is 42.8 Å². The molecule has 8 N–H and O–H groups in total. The summed E-state index contributed by atoms with van der Waals surface area (Å²) in [5.74, 6) is -2.19. The second-order valence-corrected chi connectivity index (χ2v) is 19.0. The molecule has 2 aliphatic rings. The molecule has 1 saturated carbocycles. The average molecular weight is 883 g/mol. The molecule has 0 bridgehead atoms. The maximum absolute atomic E-state index is 14.4. The molecule has 2 heterocycles. The second-order valence-electron chi connectivity index (χ2n) is 19.0. The number of nitrogens with one attached hydrogen (secondary N) is 4. The average Bonchev–Trinajstić information content (AvgIpc) is 3.25. The van der Waals surface area contributed by atoms with Crippen molar-refractivity contribution in [3.63, 3.8) is 0 Å². The standard InChI is InChI=1S/C49H70N8O7/c1-31(2)44(51)48(63)52-25-15-7-10-22-43(59)64-41(30-57-29-35-20-12-11-19-34(35)27-40(57)47(62)56-49(3,4)5)38(26-32-16-8-6-9-17-32)54-46(61)39(28-42(50)58)55-45(60)37-24-23-33-18-13-14-21-36(33)53-37/h6,8-9,13-14,16-18,21,23-24,31,34-35,38-41,44H,7,10-12,15,19-20,22,25-30,51H2,1-5H3,(H2,50,58)(H,52,63)(H,54,61)(H,55,60)(H,56,62)/t34-,35+,38-,39-,40-,41+,44-/m0/s1. The third kappa shape index (κ3) is 15.1. The van der Waals surface area contributed by atoms with Gasteiger partial charge in [0.25, 0.3) is 5.91 Å². The number of rotatable bonds is 21. The minimum absolute atomic E-state index is 0.0101. The number of fused-ring (bicyclic) bond motifs is 2. The van der Waals surface area contributed by atoms with Gasteiger partial charge in [-0.3, -0.25) is 33.7 Å². The van der Waals surface area contributed by atoms with Crippen LogP contribution in [0.1, 0.15) is 115 Å². The molecule has 0 radical (unpaired) electrons. The lowest BCUT2D eigenvalue weighted by Gasteiger charge is -2.47. The molecular weight excluding hydrogens is 813 g/mol. The van der Waals surface area contributed by atoms with E-state index in [1.807, 2.05) is 77.1 Å². The Kier molecular flexibility index (Phi) is 18.2. The quantitative estimate of drug-likeness (QED) is 0.0657. The molecule has 5 amide bonds. The van der Waals surface area contributed by atoms with Gasteiger partial charge in [0.15, 0.2) is 0 Å². The van der Waals surface area contributed by atoms with Crippen LogP contribution in [0.4, 0.5) is 0 Å². The molecule has 3 aromatic rings. The van der Waals surface area contributed by atoms with E-state index in [0.29, 0.717) is 56.1 Å². The van der Waals surface area contributed by atoms with Crippen LogP contribution in [0.5, 0.6) is 0 Å². The highest BCUT2D eigenvalue weighted by Crippen LogP contribution is 2.39. The number of carbonyl (C=O) groups is 6. The topological polar surface area (TPSA) is 228 Å². The van der Waals surface area contributed by atoms with E-state index in [1.54, 1.807) is 24.3 Å². The van der Waals surface area contributed by atoms with Gasteiger partial charge in [-0.25, -0.2) is 4.98 Å². The first-order chi connectivity index (χ1) is 30.5. The van der Waals surface area contributed by atoms with Gasteiger partial charge in [-0.15, -0.1) is 0 Å². The molecule has 5 rings (SSSR count). The first kappa shape index (κ1) is 49.6. The Morgan fingerprint density at radius 1 is 0.859 bits per heavy atom. The fourth-order valence-electron chi connectivity index (χ4n) is 8.80. The molecule has 2 fully saturated rings. The monoisotopic (exact) mass is 883 g/mol. The van der Waals surface area contributed by atoms with Gasteiger partial charge in [-0.05, 0) is 88.3 Å². The van der Waals surface area contributed by atoms with Crippen molar-refractivity contribution in [2.75, 3.05) is 19.6 Å². The number of nitrogens with zero attached hydrogens (tertiary/aromatic N) is 2. The lowest BCUT2D eigenvalue weighted by molar-refractivity contribution is -0.154. The zero-order valence-corrected chi connectivity index (χ0v) is 38.3. The number of nitrogens with two attached hydrogens (primary N) is 2. The van der Waals surface area contributed by atoms with E-state index in [2.05, 4.69) is 31.2 Å². The third-order valence-electron chi connectivity index (χ3n) is 12.3. The highest BCUT2D eigenvalue weighted by molar-refractivity contribution is 5.99. The van der Waals surface area contributed by atoms with Gasteiger partial charge < -0.3 is 37.5 Å². The number of para-hydroxylation sites is 1. The molecule has 1 saturated heterocycles. The predicted octanol–water partition coefficient (Wildman–Crippen LogP) is 4.30. The van der Waals surface area contributed by atoms with Crippen LogP contribution < -0.4 is 32.7 Å². The maximum atomic E-state index is 14.4. The molecule has 348 valence electrons. The number of primary amides is 1. The first-order valence-electron chi connectivity index (χ1n) is 23.1. The van der Waals surface area contributed by atoms with Crippen molar-refractivity contribution in [1.29, 1.82) is 0 Å². The minimum Gasteiger partial charge on any atom is -0.459 e. The van der Waals surface area contributed by atoms with E-state index in [9.17, 15) is 28.8 Å². The van der Waals surface area contributed by atoms with Crippen molar-refractivity contribution in [2.24, 2.45) is 29.2 Å². The Bertz CT molecular complexity index is 2060. The van der Waals surface area contributed by atoms with Crippen LogP contribution in [-0.2, 0) is 35.1 Å². The lowest BCUT2D eigenvalue weighted by atomic mass is 9.72. The van der Waals surface area contributed by atoms with E-state index >= 15 is 0 Å². The van der Waals surface area contributed by atoms with Crippen LogP contribution in [0, 0.1) is 17.8 Å². The Balaban J connectivity index is 1.41. The molecule has 1 aromatic heterocycles. The largest absolute Gasteiger partial charge is 0.459 e. The van der Waals surface area contributed by atoms with E-state index in [0.717, 1.165) is 36.6 Å². The number of hydrogen-bond acceptors (Lipinski definition) is 10. The van der Waals surface area contributed by atoms with E-state index in [4.69, 9.17) is 16.2 Å². The predicted molar refractivity (Wildman–Crippen MR) is 246 cm³/mol.